The van der Waals surface area contributed by atoms with Crippen LogP contribution < -0.4 is 5.32 Å². The van der Waals surface area contributed by atoms with Crippen molar-refractivity contribution in [1.29, 1.82) is 0 Å². The monoisotopic (exact) mass is 292 g/mol. The standard InChI is InChI=1S/C19H20N2O/c1-19-11-12-21(13-22)18(19)15-9-5-6-10-16(15)20-17(19)14-7-3-2-4-8-14/h2-10,13,17-18,20H,11-12H2,1H3/t17-,18-,19+/m1/s1. The predicted molar refractivity (Wildman–Crippen MR) is 87.5 cm³/mol. The van der Waals surface area contributed by atoms with Gasteiger partial charge in [-0.1, -0.05) is 55.5 Å². The summed E-state index contributed by atoms with van der Waals surface area (Å²) in [7, 11) is 0. The summed E-state index contributed by atoms with van der Waals surface area (Å²) >= 11 is 0. The molecule has 0 aliphatic carbocycles. The Kier molecular flexibility index (Phi) is 2.96. The van der Waals surface area contributed by atoms with Gasteiger partial charge in [-0.25, -0.2) is 0 Å². The third-order valence-corrected chi connectivity index (χ3v) is 5.35. The highest BCUT2D eigenvalue weighted by molar-refractivity contribution is 5.62. The normalized spacial score (nSPS) is 29.4. The molecule has 112 valence electrons. The number of nitrogens with zero attached hydrogens (tertiary/aromatic N) is 1. The van der Waals surface area contributed by atoms with E-state index in [1.807, 2.05) is 11.0 Å². The summed E-state index contributed by atoms with van der Waals surface area (Å²) in [6.45, 7) is 3.13. The minimum absolute atomic E-state index is 0.0105. The molecule has 0 aromatic heterocycles. The summed E-state index contributed by atoms with van der Waals surface area (Å²) in [5, 5.41) is 3.73. The van der Waals surface area contributed by atoms with Crippen LogP contribution in [-0.4, -0.2) is 17.9 Å². The van der Waals surface area contributed by atoms with E-state index in [2.05, 4.69) is 60.8 Å². The lowest BCUT2D eigenvalue weighted by atomic mass is 9.68. The van der Waals surface area contributed by atoms with Gasteiger partial charge in [-0.2, -0.15) is 0 Å². The minimum Gasteiger partial charge on any atom is -0.377 e. The maximum Gasteiger partial charge on any atom is 0.210 e. The van der Waals surface area contributed by atoms with Crippen LogP contribution in [0.1, 0.15) is 36.6 Å². The lowest BCUT2D eigenvalue weighted by molar-refractivity contribution is -0.120. The van der Waals surface area contributed by atoms with Crippen LogP contribution in [0.15, 0.2) is 54.6 Å². The number of hydrogen-bond acceptors (Lipinski definition) is 2. The third-order valence-electron chi connectivity index (χ3n) is 5.35. The van der Waals surface area contributed by atoms with Crippen molar-refractivity contribution >= 4 is 12.1 Å². The van der Waals surface area contributed by atoms with Gasteiger partial charge in [0.05, 0.1) is 12.1 Å². The van der Waals surface area contributed by atoms with Crippen molar-refractivity contribution in [2.24, 2.45) is 5.41 Å². The highest BCUT2D eigenvalue weighted by atomic mass is 16.1. The van der Waals surface area contributed by atoms with Crippen molar-refractivity contribution < 1.29 is 4.79 Å². The molecule has 1 amide bonds. The lowest BCUT2D eigenvalue weighted by Gasteiger charge is -2.46. The number of carbonyl (C=O) groups is 1. The van der Waals surface area contributed by atoms with Gasteiger partial charge >= 0.3 is 0 Å². The van der Waals surface area contributed by atoms with Gasteiger partial charge in [-0.15, -0.1) is 0 Å². The summed E-state index contributed by atoms with van der Waals surface area (Å²) in [4.78, 5) is 13.5. The van der Waals surface area contributed by atoms with Crippen molar-refractivity contribution in [2.45, 2.75) is 25.4 Å². The van der Waals surface area contributed by atoms with Crippen LogP contribution in [0.5, 0.6) is 0 Å². The molecular weight excluding hydrogens is 272 g/mol. The minimum atomic E-state index is 0.0105. The van der Waals surface area contributed by atoms with Crippen molar-refractivity contribution in [3.63, 3.8) is 0 Å². The van der Waals surface area contributed by atoms with Crippen molar-refractivity contribution in [3.8, 4) is 0 Å². The number of anilines is 1. The van der Waals surface area contributed by atoms with Crippen LogP contribution in [0, 0.1) is 5.41 Å². The van der Waals surface area contributed by atoms with E-state index in [0.29, 0.717) is 0 Å². The first-order valence-corrected chi connectivity index (χ1v) is 7.85. The van der Waals surface area contributed by atoms with E-state index < -0.39 is 0 Å². The molecule has 0 radical (unpaired) electrons. The molecular formula is C19H20N2O. The van der Waals surface area contributed by atoms with E-state index in [1.165, 1.54) is 11.1 Å². The molecule has 3 heteroatoms. The smallest absolute Gasteiger partial charge is 0.210 e. The molecule has 0 bridgehead atoms. The molecule has 2 aliphatic rings. The number of para-hydroxylation sites is 1. The Balaban J connectivity index is 1.88. The molecule has 1 fully saturated rings. The molecule has 3 atom stereocenters. The largest absolute Gasteiger partial charge is 0.377 e. The van der Waals surface area contributed by atoms with E-state index in [-0.39, 0.29) is 17.5 Å². The Hall–Kier alpha value is -2.29. The summed E-state index contributed by atoms with van der Waals surface area (Å²) < 4.78 is 0. The average molecular weight is 292 g/mol. The van der Waals surface area contributed by atoms with E-state index in [1.54, 1.807) is 0 Å². The first-order chi connectivity index (χ1) is 10.7. The lowest BCUT2D eigenvalue weighted by Crippen LogP contribution is -2.41. The number of nitrogens with one attached hydrogen (secondary N) is 1. The Morgan fingerprint density at radius 2 is 1.86 bits per heavy atom. The van der Waals surface area contributed by atoms with Gasteiger partial charge < -0.3 is 10.2 Å². The van der Waals surface area contributed by atoms with Crippen molar-refractivity contribution in [1.82, 2.24) is 4.90 Å². The van der Waals surface area contributed by atoms with E-state index in [0.717, 1.165) is 25.1 Å². The molecule has 2 aromatic carbocycles. The van der Waals surface area contributed by atoms with Crippen LogP contribution in [0.2, 0.25) is 0 Å². The molecule has 1 saturated heterocycles. The maximum absolute atomic E-state index is 11.6. The number of fused-ring (bicyclic) bond motifs is 3. The Morgan fingerprint density at radius 1 is 1.14 bits per heavy atom. The quantitative estimate of drug-likeness (QED) is 0.855. The number of carbonyl (C=O) groups excluding carboxylic acids is 1. The Morgan fingerprint density at radius 3 is 2.64 bits per heavy atom. The second-order valence-electron chi connectivity index (χ2n) is 6.58. The van der Waals surface area contributed by atoms with Gasteiger partial charge in [0.25, 0.3) is 0 Å². The van der Waals surface area contributed by atoms with Gasteiger partial charge in [0.15, 0.2) is 0 Å². The number of amides is 1. The van der Waals surface area contributed by atoms with E-state index >= 15 is 0 Å². The van der Waals surface area contributed by atoms with Crippen LogP contribution in [0.3, 0.4) is 0 Å². The molecule has 0 unspecified atom stereocenters. The highest BCUT2D eigenvalue weighted by Gasteiger charge is 2.53. The summed E-state index contributed by atoms with van der Waals surface area (Å²) in [5.74, 6) is 0. The molecule has 3 nitrogen and oxygen atoms in total. The molecule has 1 N–H and O–H groups in total. The van der Waals surface area contributed by atoms with Gasteiger partial charge in [-0.3, -0.25) is 4.79 Å². The fourth-order valence-electron chi connectivity index (χ4n) is 4.26. The molecule has 2 aromatic rings. The predicted octanol–water partition coefficient (Wildman–Crippen LogP) is 3.76. The summed E-state index contributed by atoms with van der Waals surface area (Å²) in [6, 6.07) is 19.3. The topological polar surface area (TPSA) is 32.3 Å². The highest BCUT2D eigenvalue weighted by Crippen LogP contribution is 2.58. The van der Waals surface area contributed by atoms with Crippen LogP contribution in [0.25, 0.3) is 0 Å². The van der Waals surface area contributed by atoms with Crippen LogP contribution in [-0.2, 0) is 4.79 Å². The van der Waals surface area contributed by atoms with Gasteiger partial charge in [0, 0.05) is 17.6 Å². The van der Waals surface area contributed by atoms with Crippen LogP contribution in [0.4, 0.5) is 5.69 Å². The molecule has 2 heterocycles. The number of rotatable bonds is 2. The zero-order valence-electron chi connectivity index (χ0n) is 12.7. The van der Waals surface area contributed by atoms with Crippen molar-refractivity contribution in [3.05, 3.63) is 65.7 Å². The SMILES string of the molecule is C[C@@]12CCN(C=O)[C@@H]1c1ccccc1N[C@@H]2c1ccccc1. The Labute approximate surface area is 131 Å². The zero-order chi connectivity index (χ0) is 15.2. The molecule has 4 rings (SSSR count). The average Bonchev–Trinajstić information content (AvgIpc) is 2.92. The van der Waals surface area contributed by atoms with E-state index in [4.69, 9.17) is 0 Å². The van der Waals surface area contributed by atoms with Gasteiger partial charge in [0.1, 0.15) is 0 Å². The molecule has 0 spiro atoms. The summed E-state index contributed by atoms with van der Waals surface area (Å²) in [5.41, 5.74) is 3.68. The fraction of sp³-hybridized carbons (Fsp3) is 0.316. The second kappa shape index (κ2) is 4.87. The first-order valence-electron chi connectivity index (χ1n) is 7.85. The number of likely N-dealkylation sites (tertiary alicyclic amines) is 1. The van der Waals surface area contributed by atoms with Gasteiger partial charge in [0.2, 0.25) is 6.41 Å². The first kappa shape index (κ1) is 13.4. The zero-order valence-corrected chi connectivity index (χ0v) is 12.7. The van der Waals surface area contributed by atoms with Crippen LogP contribution >= 0.6 is 0 Å². The molecule has 22 heavy (non-hydrogen) atoms. The molecule has 0 saturated carbocycles. The summed E-state index contributed by atoms with van der Waals surface area (Å²) in [6.07, 6.45) is 2.03. The number of benzene rings is 2. The Bertz CT molecular complexity index is 700. The molecule has 2 aliphatic heterocycles. The third kappa shape index (κ3) is 1.78. The second-order valence-corrected chi connectivity index (χ2v) is 6.58. The maximum atomic E-state index is 11.6. The fourth-order valence-corrected chi connectivity index (χ4v) is 4.26. The van der Waals surface area contributed by atoms with Crippen molar-refractivity contribution in [2.75, 3.05) is 11.9 Å². The van der Waals surface area contributed by atoms with E-state index in [9.17, 15) is 4.79 Å². The van der Waals surface area contributed by atoms with Gasteiger partial charge in [-0.05, 0) is 23.6 Å². The number of hydrogen-bond donors (Lipinski definition) is 1.